The van der Waals surface area contributed by atoms with Crippen LogP contribution in [0, 0.1) is 0 Å². The number of carboxylic acid groups (broad SMARTS) is 1. The van der Waals surface area contributed by atoms with Gasteiger partial charge in [0.05, 0.1) is 12.3 Å². The van der Waals surface area contributed by atoms with Gasteiger partial charge in [-0.05, 0) is 88.6 Å². The van der Waals surface area contributed by atoms with Crippen molar-refractivity contribution in [2.45, 2.75) is 64.9 Å². The fraction of sp³-hybridized carbons (Fsp3) is 0.361. The Morgan fingerprint density at radius 3 is 2.65 bits per heavy atom. The summed E-state index contributed by atoms with van der Waals surface area (Å²) in [4.78, 5) is 36.9. The highest BCUT2D eigenvalue weighted by molar-refractivity contribution is 6.03. The fourth-order valence-electron chi connectivity index (χ4n) is 3.81. The van der Waals surface area contributed by atoms with Gasteiger partial charge < -0.3 is 20.0 Å². The van der Waals surface area contributed by atoms with Crippen LogP contribution < -0.4 is 5.32 Å². The van der Waals surface area contributed by atoms with Gasteiger partial charge in [-0.15, -0.1) is 0 Å². The van der Waals surface area contributed by atoms with E-state index >= 15 is 0 Å². The highest BCUT2D eigenvalue weighted by atomic mass is 19.1. The first kappa shape index (κ1) is 39.2. The molecule has 2 N–H and O–H groups in total. The van der Waals surface area contributed by atoms with Crippen LogP contribution in [-0.2, 0) is 19.2 Å². The first-order chi connectivity index (χ1) is 22.1. The van der Waals surface area contributed by atoms with Crippen LogP contribution in [0.5, 0.6) is 0 Å². The number of aliphatic carboxylic acids is 1. The highest BCUT2D eigenvalue weighted by Crippen LogP contribution is 2.29. The summed E-state index contributed by atoms with van der Waals surface area (Å²) in [6.07, 6.45) is 22.6. The van der Waals surface area contributed by atoms with Crippen molar-refractivity contribution in [2.24, 2.45) is 15.1 Å². The lowest BCUT2D eigenvalue weighted by molar-refractivity contribution is -0.137. The number of hydrogen-bond donors (Lipinski definition) is 2. The molecule has 248 valence electrons. The molecule has 0 saturated carbocycles. The Morgan fingerprint density at radius 2 is 1.98 bits per heavy atom. The molecule has 0 aliphatic carbocycles. The molecule has 1 aliphatic rings. The number of oxime groups is 1. The summed E-state index contributed by atoms with van der Waals surface area (Å²) in [6.45, 7) is 17.4. The number of hydrogen-bond acceptors (Lipinski definition) is 7. The summed E-state index contributed by atoms with van der Waals surface area (Å²) in [5.41, 5.74) is 2.38. The van der Waals surface area contributed by atoms with Crippen molar-refractivity contribution < 1.29 is 28.7 Å². The molecule has 1 unspecified atom stereocenters. The molecule has 1 rings (SSSR count). The smallest absolute Gasteiger partial charge is 0.303 e. The molecule has 0 saturated heterocycles. The van der Waals surface area contributed by atoms with E-state index in [-0.39, 0.29) is 31.3 Å². The fourth-order valence-corrected chi connectivity index (χ4v) is 3.81. The number of nitrogens with zero attached hydrogens (tertiary/aromatic N) is 3. The van der Waals surface area contributed by atoms with E-state index in [1.165, 1.54) is 24.3 Å². The van der Waals surface area contributed by atoms with Crippen molar-refractivity contribution in [1.29, 1.82) is 0 Å². The Morgan fingerprint density at radius 1 is 1.20 bits per heavy atom. The van der Waals surface area contributed by atoms with Gasteiger partial charge in [0.15, 0.2) is 5.60 Å². The van der Waals surface area contributed by atoms with E-state index in [1.54, 1.807) is 37.6 Å². The number of rotatable bonds is 22. The van der Waals surface area contributed by atoms with Crippen molar-refractivity contribution in [3.8, 4) is 0 Å². The van der Waals surface area contributed by atoms with E-state index in [4.69, 9.17) is 14.7 Å². The second-order valence-electron chi connectivity index (χ2n) is 10.5. The molecule has 46 heavy (non-hydrogen) atoms. The van der Waals surface area contributed by atoms with Crippen LogP contribution >= 0.6 is 0 Å². The predicted molar refractivity (Wildman–Crippen MR) is 186 cm³/mol. The lowest BCUT2D eigenvalue weighted by Crippen LogP contribution is -2.31. The minimum Gasteiger partial charge on any atom is -0.489 e. The summed E-state index contributed by atoms with van der Waals surface area (Å²) in [5.74, 6) is -0.887. The molecule has 0 aromatic rings. The lowest BCUT2D eigenvalue weighted by atomic mass is 9.96. The number of amides is 1. The summed E-state index contributed by atoms with van der Waals surface area (Å²) in [6, 6.07) is 0. The number of carbonyl (C=O) groups is 2. The molecular weight excluding hydrogens is 587 g/mol. The first-order valence-electron chi connectivity index (χ1n) is 15.1. The predicted octanol–water partition coefficient (Wildman–Crippen LogP) is 7.46. The zero-order valence-electron chi connectivity index (χ0n) is 27.2. The third kappa shape index (κ3) is 16.8. The number of unbranched alkanes of at least 4 members (excludes halogenated alkanes) is 2. The largest absolute Gasteiger partial charge is 0.489 e. The molecule has 0 bridgehead atoms. The van der Waals surface area contributed by atoms with Crippen LogP contribution in [0.3, 0.4) is 0 Å². The maximum atomic E-state index is 13.1. The Balaban J connectivity index is 3.02. The third-order valence-electron chi connectivity index (χ3n) is 6.42. The van der Waals surface area contributed by atoms with Crippen LogP contribution in [-0.4, -0.2) is 60.9 Å². The summed E-state index contributed by atoms with van der Waals surface area (Å²) in [5, 5.41) is 15.8. The monoisotopic (exact) mass is 634 g/mol. The van der Waals surface area contributed by atoms with Gasteiger partial charge in [0.25, 0.3) is 0 Å². The van der Waals surface area contributed by atoms with Gasteiger partial charge >= 0.3 is 5.97 Å². The SMILES string of the molecule is C=C/C(C)=C\C(OCC1(C)CC(C(=CC/C=C/C(=O)NC/C=C\C(F)=C/C)/C=C/N=C/CCCCC(=O)O)=NO1)=C(/C=C)CN=C. The minimum absolute atomic E-state index is 0.136. The molecule has 1 heterocycles. The van der Waals surface area contributed by atoms with E-state index in [2.05, 4.69) is 40.3 Å². The van der Waals surface area contributed by atoms with Crippen molar-refractivity contribution >= 4 is 30.5 Å². The third-order valence-corrected chi connectivity index (χ3v) is 6.42. The standard InChI is InChI=1S/C36H47FN4O5/c1-7-28(4)24-33(29(8-2)26-38-6)45-27-36(5)25-32(41-46-36)30(20-23-39-21-14-10-11-19-35(43)44)16-12-13-18-34(42)40-22-15-17-31(37)9-3/h7-9,13,15-18,20-21,23-24H,1-2,6,10-12,14,19,22,25-27H2,3-5H3,(H,40,42)(H,43,44)/b17-15-,18-13+,23-20+,28-24-,30-16?,31-9+,33-29-,39-21+. The van der Waals surface area contributed by atoms with Crippen molar-refractivity contribution in [2.75, 3.05) is 19.7 Å². The molecule has 0 radical (unpaired) electrons. The van der Waals surface area contributed by atoms with Crippen LogP contribution in [0.15, 0.2) is 124 Å². The Bertz CT molecular complexity index is 1350. The molecule has 1 amide bonds. The Labute approximate surface area is 272 Å². The highest BCUT2D eigenvalue weighted by Gasteiger charge is 2.36. The molecule has 0 aromatic heterocycles. The second kappa shape index (κ2) is 22.6. The van der Waals surface area contributed by atoms with Crippen molar-refractivity contribution in [3.05, 3.63) is 108 Å². The summed E-state index contributed by atoms with van der Waals surface area (Å²) < 4.78 is 19.3. The van der Waals surface area contributed by atoms with Crippen LogP contribution in [0.25, 0.3) is 0 Å². The van der Waals surface area contributed by atoms with Crippen LogP contribution in [0.4, 0.5) is 4.39 Å². The maximum Gasteiger partial charge on any atom is 0.303 e. The maximum absolute atomic E-state index is 13.1. The number of nitrogens with one attached hydrogen (secondary N) is 1. The molecule has 0 spiro atoms. The Hall–Kier alpha value is -4.86. The van der Waals surface area contributed by atoms with Gasteiger partial charge in [-0.3, -0.25) is 19.6 Å². The second-order valence-corrected chi connectivity index (χ2v) is 10.5. The van der Waals surface area contributed by atoms with Gasteiger partial charge in [-0.2, -0.15) is 0 Å². The van der Waals surface area contributed by atoms with E-state index in [9.17, 15) is 14.0 Å². The number of aliphatic imine (C=N–C) groups is 2. The van der Waals surface area contributed by atoms with Crippen LogP contribution in [0.1, 0.15) is 59.3 Å². The van der Waals surface area contributed by atoms with Gasteiger partial charge in [-0.25, -0.2) is 4.39 Å². The van der Waals surface area contributed by atoms with E-state index in [0.717, 1.165) is 23.1 Å². The zero-order chi connectivity index (χ0) is 34.2. The number of carbonyl (C=O) groups excluding carboxylic acids is 1. The van der Waals surface area contributed by atoms with Crippen molar-refractivity contribution in [1.82, 2.24) is 5.32 Å². The average Bonchev–Trinajstić information content (AvgIpc) is 3.43. The molecular formula is C36H47FN4O5. The van der Waals surface area contributed by atoms with E-state index in [0.29, 0.717) is 43.7 Å². The first-order valence-corrected chi connectivity index (χ1v) is 15.1. The average molecular weight is 635 g/mol. The lowest BCUT2D eigenvalue weighted by Gasteiger charge is -2.23. The van der Waals surface area contributed by atoms with E-state index in [1.807, 2.05) is 32.1 Å². The molecule has 0 fully saturated rings. The molecule has 1 atom stereocenters. The number of allylic oxidation sites excluding steroid dienone is 10. The molecule has 10 heteroatoms. The summed E-state index contributed by atoms with van der Waals surface area (Å²) >= 11 is 0. The van der Waals surface area contributed by atoms with Crippen molar-refractivity contribution in [3.63, 3.8) is 0 Å². The summed E-state index contributed by atoms with van der Waals surface area (Å²) in [7, 11) is 0. The van der Waals surface area contributed by atoms with Gasteiger partial charge in [0.2, 0.25) is 5.91 Å². The van der Waals surface area contributed by atoms with E-state index < -0.39 is 11.6 Å². The molecule has 0 aromatic carbocycles. The number of ether oxygens (including phenoxy) is 1. The topological polar surface area (TPSA) is 122 Å². The normalized spacial score (nSPS) is 18.2. The number of carboxylic acids is 1. The number of halogens is 1. The van der Waals surface area contributed by atoms with Crippen LogP contribution in [0.2, 0.25) is 0 Å². The van der Waals surface area contributed by atoms with Gasteiger partial charge in [0, 0.05) is 37.4 Å². The molecule has 9 nitrogen and oxygen atoms in total. The van der Waals surface area contributed by atoms with Gasteiger partial charge in [-0.1, -0.05) is 54.8 Å². The van der Waals surface area contributed by atoms with Gasteiger partial charge in [0.1, 0.15) is 18.2 Å². The minimum atomic E-state index is -0.808. The molecule has 1 aliphatic heterocycles. The quantitative estimate of drug-likeness (QED) is 0.0421. The Kier molecular flexibility index (Phi) is 19.3. The zero-order valence-corrected chi connectivity index (χ0v) is 27.2.